The molecule has 0 bridgehead atoms. The van der Waals surface area contributed by atoms with E-state index in [0.29, 0.717) is 6.54 Å². The Bertz CT molecular complexity index is 386. The Kier molecular flexibility index (Phi) is 4.25. The van der Waals surface area contributed by atoms with Gasteiger partial charge in [0, 0.05) is 12.1 Å². The summed E-state index contributed by atoms with van der Waals surface area (Å²) in [6.07, 6.45) is 4.52. The molecule has 0 heterocycles. The first-order chi connectivity index (χ1) is 8.63. The molecule has 0 spiro atoms. The van der Waals surface area contributed by atoms with Gasteiger partial charge in [0.2, 0.25) is 0 Å². The number of β-amino-alcohol motifs (C(OH)–C–C–N with tert-alkyl or cyclic N) is 1. The van der Waals surface area contributed by atoms with Crippen molar-refractivity contribution in [2.75, 3.05) is 13.7 Å². The lowest BCUT2D eigenvalue weighted by atomic mass is 10.00. The van der Waals surface area contributed by atoms with Gasteiger partial charge in [-0.1, -0.05) is 25.0 Å². The Balaban J connectivity index is 1.92. The predicted molar refractivity (Wildman–Crippen MR) is 72.8 cm³/mol. The highest BCUT2D eigenvalue weighted by Crippen LogP contribution is 2.29. The zero-order chi connectivity index (χ0) is 13.0. The van der Waals surface area contributed by atoms with Crippen molar-refractivity contribution in [1.82, 2.24) is 5.32 Å². The van der Waals surface area contributed by atoms with Crippen LogP contribution in [-0.4, -0.2) is 24.3 Å². The molecule has 18 heavy (non-hydrogen) atoms. The lowest BCUT2D eigenvalue weighted by Gasteiger charge is -2.27. The Hall–Kier alpha value is -1.06. The molecule has 1 aliphatic carbocycles. The van der Waals surface area contributed by atoms with Crippen molar-refractivity contribution < 1.29 is 9.84 Å². The Morgan fingerprint density at radius 2 is 2.11 bits per heavy atom. The highest BCUT2D eigenvalue weighted by molar-refractivity contribution is 5.29. The van der Waals surface area contributed by atoms with Gasteiger partial charge in [0.25, 0.3) is 0 Å². The number of hydrogen-bond donors (Lipinski definition) is 2. The van der Waals surface area contributed by atoms with Crippen molar-refractivity contribution in [2.24, 2.45) is 0 Å². The summed E-state index contributed by atoms with van der Waals surface area (Å²) in [5.74, 6) is 0.790. The van der Waals surface area contributed by atoms with Crippen LogP contribution in [0.5, 0.6) is 5.75 Å². The van der Waals surface area contributed by atoms with Crippen LogP contribution in [0, 0.1) is 0 Å². The Labute approximate surface area is 109 Å². The van der Waals surface area contributed by atoms with Crippen LogP contribution in [0.4, 0.5) is 0 Å². The summed E-state index contributed by atoms with van der Waals surface area (Å²) in [7, 11) is 1.64. The van der Waals surface area contributed by atoms with Gasteiger partial charge in [-0.25, -0.2) is 0 Å². The molecule has 3 heteroatoms. The normalized spacial score (nSPS) is 19.7. The minimum atomic E-state index is -0.475. The quantitative estimate of drug-likeness (QED) is 0.843. The molecule has 1 aromatic carbocycles. The van der Waals surface area contributed by atoms with Gasteiger partial charge >= 0.3 is 0 Å². The van der Waals surface area contributed by atoms with E-state index in [0.717, 1.165) is 11.3 Å². The molecule has 0 amide bonds. The third-order valence-electron chi connectivity index (χ3n) is 3.91. The Morgan fingerprint density at radius 3 is 2.78 bits per heavy atom. The first-order valence-corrected chi connectivity index (χ1v) is 6.70. The molecule has 0 saturated heterocycles. The van der Waals surface area contributed by atoms with Crippen LogP contribution in [0.15, 0.2) is 24.3 Å². The van der Waals surface area contributed by atoms with Crippen LogP contribution in [0.3, 0.4) is 0 Å². The van der Waals surface area contributed by atoms with Crippen molar-refractivity contribution in [3.63, 3.8) is 0 Å². The highest BCUT2D eigenvalue weighted by Gasteiger charge is 2.28. The highest BCUT2D eigenvalue weighted by atomic mass is 16.5. The molecule has 1 fully saturated rings. The molecule has 0 radical (unpaired) electrons. The van der Waals surface area contributed by atoms with Crippen molar-refractivity contribution in [3.05, 3.63) is 29.8 Å². The fourth-order valence-corrected chi connectivity index (χ4v) is 2.64. The van der Waals surface area contributed by atoms with Crippen molar-refractivity contribution >= 4 is 0 Å². The topological polar surface area (TPSA) is 41.5 Å². The molecular weight excluding hydrogens is 226 g/mol. The van der Waals surface area contributed by atoms with Crippen LogP contribution in [0.25, 0.3) is 0 Å². The van der Waals surface area contributed by atoms with Gasteiger partial charge in [0.1, 0.15) is 5.75 Å². The SMILES string of the molecule is COc1cccc(C(O)CNC2(C)CCCC2)c1. The molecule has 1 saturated carbocycles. The van der Waals surface area contributed by atoms with Crippen LogP contribution in [-0.2, 0) is 0 Å². The molecule has 100 valence electrons. The van der Waals surface area contributed by atoms with E-state index in [-0.39, 0.29) is 5.54 Å². The van der Waals surface area contributed by atoms with E-state index in [2.05, 4.69) is 12.2 Å². The van der Waals surface area contributed by atoms with Gasteiger partial charge in [-0.05, 0) is 37.5 Å². The largest absolute Gasteiger partial charge is 0.497 e. The molecule has 3 nitrogen and oxygen atoms in total. The molecule has 1 aromatic rings. The van der Waals surface area contributed by atoms with Crippen molar-refractivity contribution in [3.8, 4) is 5.75 Å². The summed E-state index contributed by atoms with van der Waals surface area (Å²) in [4.78, 5) is 0. The number of nitrogens with one attached hydrogen (secondary N) is 1. The lowest BCUT2D eigenvalue weighted by molar-refractivity contribution is 0.158. The molecule has 1 unspecified atom stereocenters. The van der Waals surface area contributed by atoms with Gasteiger partial charge in [0.15, 0.2) is 0 Å². The van der Waals surface area contributed by atoms with Crippen LogP contribution in [0.2, 0.25) is 0 Å². The van der Waals surface area contributed by atoms with E-state index in [9.17, 15) is 5.11 Å². The average Bonchev–Trinajstić information content (AvgIpc) is 2.83. The third kappa shape index (κ3) is 3.24. The van der Waals surface area contributed by atoms with Gasteiger partial charge in [-0.3, -0.25) is 0 Å². The maximum absolute atomic E-state index is 10.2. The van der Waals surface area contributed by atoms with E-state index in [1.807, 2.05) is 24.3 Å². The van der Waals surface area contributed by atoms with Gasteiger partial charge in [0.05, 0.1) is 13.2 Å². The smallest absolute Gasteiger partial charge is 0.119 e. The fourth-order valence-electron chi connectivity index (χ4n) is 2.64. The van der Waals surface area contributed by atoms with E-state index < -0.39 is 6.10 Å². The van der Waals surface area contributed by atoms with E-state index in [1.165, 1.54) is 25.7 Å². The predicted octanol–water partition coefficient (Wildman–Crippen LogP) is 2.65. The number of rotatable bonds is 5. The summed E-state index contributed by atoms with van der Waals surface area (Å²) in [5.41, 5.74) is 1.11. The summed E-state index contributed by atoms with van der Waals surface area (Å²) in [5, 5.41) is 13.7. The summed E-state index contributed by atoms with van der Waals surface area (Å²) < 4.78 is 5.17. The lowest BCUT2D eigenvalue weighted by Crippen LogP contribution is -2.41. The van der Waals surface area contributed by atoms with Gasteiger partial charge in [-0.15, -0.1) is 0 Å². The van der Waals surface area contributed by atoms with E-state index >= 15 is 0 Å². The number of hydrogen-bond acceptors (Lipinski definition) is 3. The first kappa shape index (κ1) is 13.4. The second-order valence-electron chi connectivity index (χ2n) is 5.44. The summed E-state index contributed by atoms with van der Waals surface area (Å²) in [6.45, 7) is 2.85. The number of methoxy groups -OCH3 is 1. The number of aliphatic hydroxyl groups excluding tert-OH is 1. The van der Waals surface area contributed by atoms with E-state index in [4.69, 9.17) is 4.74 Å². The van der Waals surface area contributed by atoms with Gasteiger partial charge in [-0.2, -0.15) is 0 Å². The number of ether oxygens (including phenoxy) is 1. The molecule has 0 aliphatic heterocycles. The minimum absolute atomic E-state index is 0.208. The number of aliphatic hydroxyl groups is 1. The van der Waals surface area contributed by atoms with Gasteiger partial charge < -0.3 is 15.2 Å². The van der Waals surface area contributed by atoms with Crippen molar-refractivity contribution in [1.29, 1.82) is 0 Å². The molecule has 1 atom stereocenters. The molecule has 1 aliphatic rings. The first-order valence-electron chi connectivity index (χ1n) is 6.70. The number of benzene rings is 1. The van der Waals surface area contributed by atoms with Crippen LogP contribution in [0.1, 0.15) is 44.3 Å². The molecule has 2 rings (SSSR count). The monoisotopic (exact) mass is 249 g/mol. The molecular formula is C15H23NO2. The summed E-state index contributed by atoms with van der Waals surface area (Å²) in [6, 6.07) is 7.63. The second-order valence-corrected chi connectivity index (χ2v) is 5.44. The molecule has 0 aromatic heterocycles. The minimum Gasteiger partial charge on any atom is -0.497 e. The standard InChI is InChI=1S/C15H23NO2/c1-15(8-3-4-9-15)16-11-14(17)12-6-5-7-13(10-12)18-2/h5-7,10,14,16-17H,3-4,8-9,11H2,1-2H3. The second kappa shape index (κ2) is 5.72. The maximum atomic E-state index is 10.2. The third-order valence-corrected chi connectivity index (χ3v) is 3.91. The van der Waals surface area contributed by atoms with Crippen molar-refractivity contribution in [2.45, 2.75) is 44.2 Å². The molecule has 2 N–H and O–H groups in total. The average molecular weight is 249 g/mol. The zero-order valence-corrected chi connectivity index (χ0v) is 11.3. The van der Waals surface area contributed by atoms with Crippen LogP contribution >= 0.6 is 0 Å². The summed E-state index contributed by atoms with van der Waals surface area (Å²) >= 11 is 0. The zero-order valence-electron chi connectivity index (χ0n) is 11.3. The van der Waals surface area contributed by atoms with E-state index in [1.54, 1.807) is 7.11 Å². The maximum Gasteiger partial charge on any atom is 0.119 e. The fraction of sp³-hybridized carbons (Fsp3) is 0.600. The Morgan fingerprint density at radius 1 is 1.39 bits per heavy atom. The van der Waals surface area contributed by atoms with Crippen LogP contribution < -0.4 is 10.1 Å².